The average Bonchev–Trinajstić information content (AvgIpc) is 2.45. The summed E-state index contributed by atoms with van der Waals surface area (Å²) in [6, 6.07) is 0.436. The van der Waals surface area contributed by atoms with Crippen LogP contribution in [0, 0.1) is 5.92 Å². The quantitative estimate of drug-likeness (QED) is 0.870. The molecule has 2 unspecified atom stereocenters. The topological polar surface area (TPSA) is 63.2 Å². The smallest absolute Gasteiger partial charge is 0.323 e. The Kier molecular flexibility index (Phi) is 5.59. The fraction of sp³-hybridized carbons (Fsp3) is 0.800. The Labute approximate surface area is 127 Å². The van der Waals surface area contributed by atoms with Crippen LogP contribution < -0.4 is 15.0 Å². The van der Waals surface area contributed by atoms with Crippen molar-refractivity contribution in [1.82, 2.24) is 15.0 Å². The Bertz CT molecular complexity index is 452. The van der Waals surface area contributed by atoms with Gasteiger partial charge in [0.2, 0.25) is 11.9 Å². The van der Waals surface area contributed by atoms with Crippen LogP contribution in [-0.4, -0.2) is 41.7 Å². The number of anilines is 2. The van der Waals surface area contributed by atoms with Crippen molar-refractivity contribution in [3.05, 3.63) is 0 Å². The van der Waals surface area contributed by atoms with Gasteiger partial charge >= 0.3 is 6.01 Å². The molecule has 1 saturated carbocycles. The normalized spacial score (nSPS) is 21.9. The molecule has 1 N–H and O–H groups in total. The molecule has 2 rings (SSSR count). The molecular formula is C15H27N5O. The van der Waals surface area contributed by atoms with Gasteiger partial charge in [-0.05, 0) is 31.6 Å². The molecule has 0 aromatic carbocycles. The van der Waals surface area contributed by atoms with E-state index >= 15 is 0 Å². The van der Waals surface area contributed by atoms with Crippen molar-refractivity contribution in [2.75, 3.05) is 30.9 Å². The first-order chi connectivity index (χ1) is 10.1. The van der Waals surface area contributed by atoms with Gasteiger partial charge in [-0.3, -0.25) is 0 Å². The van der Waals surface area contributed by atoms with Gasteiger partial charge in [-0.2, -0.15) is 15.0 Å². The third-order valence-electron chi connectivity index (χ3n) is 3.70. The Morgan fingerprint density at radius 3 is 2.71 bits per heavy atom. The van der Waals surface area contributed by atoms with Crippen LogP contribution in [0.5, 0.6) is 6.01 Å². The minimum absolute atomic E-state index is 0.227. The number of hydrogen-bond acceptors (Lipinski definition) is 6. The summed E-state index contributed by atoms with van der Waals surface area (Å²) in [5, 5.41) is 3.21. The second-order valence-electron chi connectivity index (χ2n) is 6.07. The summed E-state index contributed by atoms with van der Waals surface area (Å²) in [7, 11) is 3.84. The lowest BCUT2D eigenvalue weighted by Gasteiger charge is -2.26. The zero-order valence-electron chi connectivity index (χ0n) is 13.6. The van der Waals surface area contributed by atoms with Crippen LogP contribution in [0.4, 0.5) is 11.9 Å². The second kappa shape index (κ2) is 7.43. The zero-order valence-corrected chi connectivity index (χ0v) is 13.6. The van der Waals surface area contributed by atoms with Crippen LogP contribution in [0.15, 0.2) is 0 Å². The second-order valence-corrected chi connectivity index (χ2v) is 6.07. The zero-order chi connectivity index (χ0) is 15.2. The predicted octanol–water partition coefficient (Wildman–Crippen LogP) is 2.72. The number of hydrogen-bond donors (Lipinski definition) is 1. The van der Waals surface area contributed by atoms with E-state index in [1.54, 1.807) is 0 Å². The molecule has 2 atom stereocenters. The molecule has 21 heavy (non-hydrogen) atoms. The van der Waals surface area contributed by atoms with E-state index in [0.29, 0.717) is 17.9 Å². The van der Waals surface area contributed by atoms with E-state index in [-0.39, 0.29) is 6.10 Å². The Hall–Kier alpha value is -1.59. The average molecular weight is 293 g/mol. The van der Waals surface area contributed by atoms with Crippen molar-refractivity contribution < 1.29 is 4.74 Å². The van der Waals surface area contributed by atoms with Gasteiger partial charge in [-0.15, -0.1) is 0 Å². The molecule has 6 heteroatoms. The Balaban J connectivity index is 2.11. The maximum absolute atomic E-state index is 6.01. The van der Waals surface area contributed by atoms with E-state index in [2.05, 4.69) is 34.1 Å². The summed E-state index contributed by atoms with van der Waals surface area (Å²) < 4.78 is 6.01. The summed E-state index contributed by atoms with van der Waals surface area (Å²) in [6.45, 7) is 5.24. The highest BCUT2D eigenvalue weighted by Crippen LogP contribution is 2.26. The van der Waals surface area contributed by atoms with Crippen LogP contribution in [0.1, 0.15) is 46.0 Å². The molecule has 1 aliphatic carbocycles. The van der Waals surface area contributed by atoms with Crippen molar-refractivity contribution in [2.45, 2.75) is 52.1 Å². The third kappa shape index (κ3) is 4.72. The van der Waals surface area contributed by atoms with Crippen LogP contribution >= 0.6 is 0 Å². The minimum atomic E-state index is 0.227. The molecule has 1 aliphatic rings. The summed E-state index contributed by atoms with van der Waals surface area (Å²) >= 11 is 0. The van der Waals surface area contributed by atoms with Gasteiger partial charge in [-0.1, -0.05) is 20.3 Å². The van der Waals surface area contributed by atoms with Crippen molar-refractivity contribution in [3.8, 4) is 6.01 Å². The molecule has 0 radical (unpaired) electrons. The molecule has 0 saturated heterocycles. The first-order valence-electron chi connectivity index (χ1n) is 7.92. The predicted molar refractivity (Wildman–Crippen MR) is 85.0 cm³/mol. The van der Waals surface area contributed by atoms with Gasteiger partial charge in [0.1, 0.15) is 6.10 Å². The number of aromatic nitrogens is 3. The highest BCUT2D eigenvalue weighted by Gasteiger charge is 2.22. The molecule has 1 aromatic heterocycles. The number of ether oxygens (including phenoxy) is 1. The summed E-state index contributed by atoms with van der Waals surface area (Å²) in [6.07, 6.45) is 5.94. The first kappa shape index (κ1) is 15.8. The van der Waals surface area contributed by atoms with Crippen molar-refractivity contribution in [1.29, 1.82) is 0 Å². The first-order valence-corrected chi connectivity index (χ1v) is 7.92. The third-order valence-corrected chi connectivity index (χ3v) is 3.70. The van der Waals surface area contributed by atoms with E-state index in [0.717, 1.165) is 31.7 Å². The van der Waals surface area contributed by atoms with Gasteiger partial charge in [0, 0.05) is 20.6 Å². The van der Waals surface area contributed by atoms with Crippen LogP contribution in [-0.2, 0) is 0 Å². The van der Waals surface area contributed by atoms with Crippen LogP contribution in [0.2, 0.25) is 0 Å². The fourth-order valence-corrected chi connectivity index (χ4v) is 2.55. The molecule has 0 spiro atoms. The van der Waals surface area contributed by atoms with Crippen molar-refractivity contribution >= 4 is 11.9 Å². The fourth-order valence-electron chi connectivity index (χ4n) is 2.55. The SMILES string of the molecule is CCCNc1nc(OC2CCCC(C)C2)nc(N(C)C)n1. The number of nitrogens with zero attached hydrogens (tertiary/aromatic N) is 4. The van der Waals surface area contributed by atoms with E-state index in [9.17, 15) is 0 Å². The summed E-state index contributed by atoms with van der Waals surface area (Å²) in [5.74, 6) is 1.94. The summed E-state index contributed by atoms with van der Waals surface area (Å²) in [5.41, 5.74) is 0. The lowest BCUT2D eigenvalue weighted by molar-refractivity contribution is 0.118. The number of nitrogens with one attached hydrogen (secondary N) is 1. The highest BCUT2D eigenvalue weighted by atomic mass is 16.5. The standard InChI is InChI=1S/C15H27N5O/c1-5-9-16-13-17-14(20(3)4)19-15(18-13)21-12-8-6-7-11(2)10-12/h11-12H,5-10H2,1-4H3,(H,16,17,18,19). The van der Waals surface area contributed by atoms with E-state index in [1.165, 1.54) is 12.8 Å². The minimum Gasteiger partial charge on any atom is -0.460 e. The molecule has 0 bridgehead atoms. The molecule has 0 aliphatic heterocycles. The van der Waals surface area contributed by atoms with Crippen LogP contribution in [0.25, 0.3) is 0 Å². The maximum Gasteiger partial charge on any atom is 0.323 e. The van der Waals surface area contributed by atoms with Gasteiger partial charge < -0.3 is 15.0 Å². The van der Waals surface area contributed by atoms with Crippen LogP contribution in [0.3, 0.4) is 0 Å². The highest BCUT2D eigenvalue weighted by molar-refractivity contribution is 5.36. The lowest BCUT2D eigenvalue weighted by Crippen LogP contribution is -2.25. The molecule has 1 fully saturated rings. The van der Waals surface area contributed by atoms with Gasteiger partial charge in [0.25, 0.3) is 0 Å². The van der Waals surface area contributed by atoms with E-state index in [4.69, 9.17) is 4.74 Å². The van der Waals surface area contributed by atoms with Crippen molar-refractivity contribution in [3.63, 3.8) is 0 Å². The monoisotopic (exact) mass is 293 g/mol. The number of rotatable bonds is 6. The largest absolute Gasteiger partial charge is 0.460 e. The molecule has 6 nitrogen and oxygen atoms in total. The lowest BCUT2D eigenvalue weighted by atomic mass is 9.89. The van der Waals surface area contributed by atoms with E-state index < -0.39 is 0 Å². The van der Waals surface area contributed by atoms with Gasteiger partial charge in [0.15, 0.2) is 0 Å². The van der Waals surface area contributed by atoms with Gasteiger partial charge in [0.05, 0.1) is 0 Å². The molecule has 1 heterocycles. The maximum atomic E-state index is 6.01. The van der Waals surface area contributed by atoms with Crippen molar-refractivity contribution in [2.24, 2.45) is 5.92 Å². The Morgan fingerprint density at radius 2 is 2.05 bits per heavy atom. The molecular weight excluding hydrogens is 266 g/mol. The molecule has 0 amide bonds. The summed E-state index contributed by atoms with van der Waals surface area (Å²) in [4.78, 5) is 15.1. The Morgan fingerprint density at radius 1 is 1.24 bits per heavy atom. The molecule has 118 valence electrons. The molecule has 1 aromatic rings. The van der Waals surface area contributed by atoms with Gasteiger partial charge in [-0.25, -0.2) is 0 Å². The van der Waals surface area contributed by atoms with E-state index in [1.807, 2.05) is 19.0 Å².